The van der Waals surface area contributed by atoms with Gasteiger partial charge in [-0.15, -0.1) is 0 Å². The van der Waals surface area contributed by atoms with Crippen LogP contribution in [0.15, 0.2) is 30.3 Å². The normalized spacial score (nSPS) is 24.1. The van der Waals surface area contributed by atoms with Crippen LogP contribution in [0.4, 0.5) is 0 Å². The molecule has 1 aliphatic rings. The fraction of sp³-hybridized carbons (Fsp3) is 0.533. The van der Waals surface area contributed by atoms with E-state index in [4.69, 9.17) is 9.47 Å². The molecule has 0 amide bonds. The van der Waals surface area contributed by atoms with Crippen LogP contribution in [0, 0.1) is 0 Å². The highest BCUT2D eigenvalue weighted by atomic mass is 32.2. The summed E-state index contributed by atoms with van der Waals surface area (Å²) in [5, 5.41) is 3.15. The maximum atomic E-state index is 12.2. The van der Waals surface area contributed by atoms with Crippen LogP contribution < -0.4 is 5.32 Å². The molecule has 8 heteroatoms. The lowest BCUT2D eigenvalue weighted by molar-refractivity contribution is -0.156. The number of esters is 1. The van der Waals surface area contributed by atoms with E-state index in [9.17, 15) is 13.2 Å². The highest BCUT2D eigenvalue weighted by Crippen LogP contribution is 2.27. The molecule has 1 aromatic carbocycles. The summed E-state index contributed by atoms with van der Waals surface area (Å²) in [6, 6.07) is 8.29. The second-order valence-corrected chi connectivity index (χ2v) is 8.41. The van der Waals surface area contributed by atoms with Gasteiger partial charge in [0.05, 0.1) is 7.11 Å². The summed E-state index contributed by atoms with van der Waals surface area (Å²) < 4.78 is 34.8. The fourth-order valence-electron chi connectivity index (χ4n) is 2.59. The van der Waals surface area contributed by atoms with Crippen molar-refractivity contribution < 1.29 is 22.7 Å². The molecule has 4 atom stereocenters. The molecule has 1 aliphatic heterocycles. The summed E-state index contributed by atoms with van der Waals surface area (Å²) in [4.78, 5) is 12.1. The van der Waals surface area contributed by atoms with Crippen molar-refractivity contribution in [1.82, 2.24) is 5.32 Å². The fourth-order valence-corrected chi connectivity index (χ4v) is 4.04. The van der Waals surface area contributed by atoms with Gasteiger partial charge in [0.1, 0.15) is 0 Å². The molecule has 1 unspecified atom stereocenters. The first-order valence-electron chi connectivity index (χ1n) is 7.21. The standard InChI is InChI=1S/C15H21NO5S2/c1-20-14(17)13(10-6-4-3-5-7-10)21-15(23(2,18)19)12-8-11(22)9-16-12/h3-7,11-13,15-16,22H,8-9H2,1-2H3/t11-,12+,13+,15?/m1/s1. The number of hydrogen-bond donors (Lipinski definition) is 2. The second-order valence-electron chi connectivity index (χ2n) is 5.55. The molecule has 1 saturated heterocycles. The van der Waals surface area contributed by atoms with Crippen molar-refractivity contribution in [1.29, 1.82) is 0 Å². The van der Waals surface area contributed by atoms with E-state index in [1.54, 1.807) is 30.3 Å². The van der Waals surface area contributed by atoms with Crippen LogP contribution in [0.3, 0.4) is 0 Å². The summed E-state index contributed by atoms with van der Waals surface area (Å²) in [6.07, 6.45) is 0.551. The van der Waals surface area contributed by atoms with E-state index in [0.29, 0.717) is 18.5 Å². The van der Waals surface area contributed by atoms with E-state index >= 15 is 0 Å². The maximum Gasteiger partial charge on any atom is 0.339 e. The van der Waals surface area contributed by atoms with Crippen LogP contribution in [0.1, 0.15) is 18.1 Å². The predicted octanol–water partition coefficient (Wildman–Crippen LogP) is 0.948. The molecule has 0 aromatic heterocycles. The molecule has 23 heavy (non-hydrogen) atoms. The summed E-state index contributed by atoms with van der Waals surface area (Å²) >= 11 is 4.36. The Labute approximate surface area is 141 Å². The third-order valence-corrected chi connectivity index (χ3v) is 5.36. The minimum absolute atomic E-state index is 0.0566. The molecule has 1 fully saturated rings. The first kappa shape index (κ1) is 18.3. The average molecular weight is 359 g/mol. The van der Waals surface area contributed by atoms with Crippen molar-refractivity contribution in [3.63, 3.8) is 0 Å². The van der Waals surface area contributed by atoms with Gasteiger partial charge in [0, 0.05) is 24.1 Å². The Morgan fingerprint density at radius 1 is 1.35 bits per heavy atom. The Balaban J connectivity index is 2.29. The lowest BCUT2D eigenvalue weighted by Crippen LogP contribution is -2.43. The van der Waals surface area contributed by atoms with Crippen molar-refractivity contribution in [2.24, 2.45) is 0 Å². The number of sulfone groups is 1. The molecule has 0 radical (unpaired) electrons. The molecule has 1 aromatic rings. The molecule has 128 valence electrons. The van der Waals surface area contributed by atoms with Gasteiger partial charge in [-0.3, -0.25) is 0 Å². The molecular weight excluding hydrogens is 338 g/mol. The van der Waals surface area contributed by atoms with E-state index < -0.39 is 33.4 Å². The molecule has 1 heterocycles. The van der Waals surface area contributed by atoms with Crippen molar-refractivity contribution in [2.45, 2.75) is 29.3 Å². The number of ether oxygens (including phenoxy) is 2. The van der Waals surface area contributed by atoms with Gasteiger partial charge < -0.3 is 14.8 Å². The SMILES string of the molecule is COC(=O)[C@@H](OC([C@@H]1C[C@@H](S)CN1)S(C)(=O)=O)c1ccccc1. The second kappa shape index (κ2) is 7.65. The first-order valence-corrected chi connectivity index (χ1v) is 9.68. The zero-order valence-corrected chi connectivity index (χ0v) is 14.7. The Bertz CT molecular complexity index is 635. The van der Waals surface area contributed by atoms with Gasteiger partial charge in [-0.1, -0.05) is 30.3 Å². The van der Waals surface area contributed by atoms with Gasteiger partial charge in [0.25, 0.3) is 0 Å². The van der Waals surface area contributed by atoms with Gasteiger partial charge in [0.2, 0.25) is 0 Å². The Morgan fingerprint density at radius 3 is 2.48 bits per heavy atom. The van der Waals surface area contributed by atoms with Crippen LogP contribution >= 0.6 is 12.6 Å². The average Bonchev–Trinajstić information content (AvgIpc) is 2.93. The minimum atomic E-state index is -3.54. The molecule has 6 nitrogen and oxygen atoms in total. The molecule has 2 rings (SSSR count). The number of hydrogen-bond acceptors (Lipinski definition) is 7. The van der Waals surface area contributed by atoms with Crippen LogP contribution in [0.25, 0.3) is 0 Å². The van der Waals surface area contributed by atoms with Gasteiger partial charge in [0.15, 0.2) is 21.4 Å². The number of thiol groups is 1. The van der Waals surface area contributed by atoms with Crippen molar-refractivity contribution in [2.75, 3.05) is 19.9 Å². The Morgan fingerprint density at radius 2 is 2.00 bits per heavy atom. The largest absolute Gasteiger partial charge is 0.467 e. The monoisotopic (exact) mass is 359 g/mol. The van der Waals surface area contributed by atoms with E-state index in [2.05, 4.69) is 17.9 Å². The number of benzene rings is 1. The summed E-state index contributed by atoms with van der Waals surface area (Å²) in [5.41, 5.74) is -0.600. The lowest BCUT2D eigenvalue weighted by atomic mass is 10.1. The van der Waals surface area contributed by atoms with Crippen molar-refractivity contribution in [3.8, 4) is 0 Å². The summed E-state index contributed by atoms with van der Waals surface area (Å²) in [5.74, 6) is -0.634. The zero-order valence-electron chi connectivity index (χ0n) is 13.0. The van der Waals surface area contributed by atoms with Gasteiger partial charge in [-0.2, -0.15) is 12.6 Å². The van der Waals surface area contributed by atoms with Crippen molar-refractivity contribution >= 4 is 28.4 Å². The number of rotatable bonds is 6. The van der Waals surface area contributed by atoms with Crippen LogP contribution in [0.5, 0.6) is 0 Å². The number of carbonyl (C=O) groups excluding carboxylic acids is 1. The molecule has 0 spiro atoms. The van der Waals surface area contributed by atoms with E-state index in [0.717, 1.165) is 6.26 Å². The van der Waals surface area contributed by atoms with E-state index in [1.165, 1.54) is 7.11 Å². The first-order chi connectivity index (χ1) is 10.8. The molecule has 0 aliphatic carbocycles. The summed E-state index contributed by atoms with van der Waals surface area (Å²) in [7, 11) is -2.30. The van der Waals surface area contributed by atoms with Gasteiger partial charge in [-0.05, 0) is 12.0 Å². The Hall–Kier alpha value is -1.09. The molecule has 1 N–H and O–H groups in total. The minimum Gasteiger partial charge on any atom is -0.467 e. The van der Waals surface area contributed by atoms with Gasteiger partial charge in [-0.25, -0.2) is 13.2 Å². The smallest absolute Gasteiger partial charge is 0.339 e. The lowest BCUT2D eigenvalue weighted by Gasteiger charge is -2.26. The zero-order chi connectivity index (χ0) is 17.0. The number of methoxy groups -OCH3 is 1. The topological polar surface area (TPSA) is 81.7 Å². The van der Waals surface area contributed by atoms with E-state index in [-0.39, 0.29) is 5.25 Å². The molecule has 0 saturated carbocycles. The van der Waals surface area contributed by atoms with Crippen molar-refractivity contribution in [3.05, 3.63) is 35.9 Å². The van der Waals surface area contributed by atoms with Crippen LogP contribution in [-0.2, 0) is 24.1 Å². The third-order valence-electron chi connectivity index (χ3n) is 3.68. The third kappa shape index (κ3) is 4.69. The maximum absolute atomic E-state index is 12.2. The highest BCUT2D eigenvalue weighted by molar-refractivity contribution is 7.91. The number of nitrogens with one attached hydrogen (secondary N) is 1. The van der Waals surface area contributed by atoms with Gasteiger partial charge >= 0.3 is 5.97 Å². The summed E-state index contributed by atoms with van der Waals surface area (Å²) in [6.45, 7) is 0.595. The highest BCUT2D eigenvalue weighted by Gasteiger charge is 2.39. The molecular formula is C15H21NO5S2. The Kier molecular flexibility index (Phi) is 6.07. The number of carbonyl (C=O) groups is 1. The predicted molar refractivity (Wildman–Crippen MR) is 90.1 cm³/mol. The quantitative estimate of drug-likeness (QED) is 0.581. The van der Waals surface area contributed by atoms with E-state index in [1.807, 2.05) is 0 Å². The van der Waals surface area contributed by atoms with Crippen LogP contribution in [0.2, 0.25) is 0 Å². The van der Waals surface area contributed by atoms with Crippen LogP contribution in [-0.4, -0.2) is 51.0 Å². The molecule has 0 bridgehead atoms.